The first kappa shape index (κ1) is 16.4. The first-order chi connectivity index (χ1) is 11.2. The van der Waals surface area contributed by atoms with E-state index in [0.717, 1.165) is 31.7 Å². The summed E-state index contributed by atoms with van der Waals surface area (Å²) in [6.07, 6.45) is 4.98. The second kappa shape index (κ2) is 7.41. The molecule has 0 bridgehead atoms. The normalized spacial score (nSPS) is 23.6. The third kappa shape index (κ3) is 4.52. The van der Waals surface area contributed by atoms with E-state index in [1.165, 1.54) is 31.4 Å². The first-order valence-corrected chi connectivity index (χ1v) is 8.49. The SMILES string of the molecule is O=C(Cc1ccc(F)cc1)NCC1CCC2(CCNCC2)CO1. The summed E-state index contributed by atoms with van der Waals surface area (Å²) in [7, 11) is 0. The van der Waals surface area contributed by atoms with Crippen molar-refractivity contribution in [3.8, 4) is 0 Å². The number of piperidine rings is 1. The molecule has 0 radical (unpaired) electrons. The van der Waals surface area contributed by atoms with Crippen LogP contribution in [0.5, 0.6) is 0 Å². The summed E-state index contributed by atoms with van der Waals surface area (Å²) < 4.78 is 18.8. The van der Waals surface area contributed by atoms with Gasteiger partial charge in [-0.15, -0.1) is 0 Å². The van der Waals surface area contributed by atoms with Gasteiger partial charge in [0.05, 0.1) is 19.1 Å². The second-order valence-corrected chi connectivity index (χ2v) is 6.83. The minimum Gasteiger partial charge on any atom is -0.376 e. The zero-order valence-corrected chi connectivity index (χ0v) is 13.4. The van der Waals surface area contributed by atoms with Gasteiger partial charge in [0.25, 0.3) is 0 Å². The lowest BCUT2D eigenvalue weighted by atomic mass is 9.74. The number of benzene rings is 1. The number of carbonyl (C=O) groups excluding carboxylic acids is 1. The van der Waals surface area contributed by atoms with Crippen LogP contribution >= 0.6 is 0 Å². The summed E-state index contributed by atoms with van der Waals surface area (Å²) >= 11 is 0. The van der Waals surface area contributed by atoms with Gasteiger partial charge in [0.15, 0.2) is 0 Å². The van der Waals surface area contributed by atoms with E-state index < -0.39 is 0 Å². The van der Waals surface area contributed by atoms with E-state index in [1.807, 2.05) is 0 Å². The molecule has 1 spiro atoms. The fraction of sp³-hybridized carbons (Fsp3) is 0.611. The van der Waals surface area contributed by atoms with Gasteiger partial charge in [0.1, 0.15) is 5.82 Å². The van der Waals surface area contributed by atoms with Crippen molar-refractivity contribution in [2.24, 2.45) is 5.41 Å². The molecule has 2 aliphatic heterocycles. The second-order valence-electron chi connectivity index (χ2n) is 6.83. The highest BCUT2D eigenvalue weighted by Crippen LogP contribution is 2.38. The van der Waals surface area contributed by atoms with E-state index in [2.05, 4.69) is 10.6 Å². The molecule has 2 heterocycles. The molecule has 1 amide bonds. The minimum absolute atomic E-state index is 0.0395. The standard InChI is InChI=1S/C18H25FN2O2/c19-15-3-1-14(2-4-15)11-17(22)21-12-16-5-6-18(13-23-16)7-9-20-10-8-18/h1-4,16,20H,5-13H2,(H,21,22). The Balaban J connectivity index is 1.39. The molecule has 1 aromatic carbocycles. The van der Waals surface area contributed by atoms with Crippen LogP contribution < -0.4 is 10.6 Å². The van der Waals surface area contributed by atoms with Crippen molar-refractivity contribution < 1.29 is 13.9 Å². The summed E-state index contributed by atoms with van der Waals surface area (Å²) in [4.78, 5) is 12.0. The highest BCUT2D eigenvalue weighted by Gasteiger charge is 2.36. The predicted octanol–water partition coefficient (Wildman–Crippen LogP) is 2.03. The van der Waals surface area contributed by atoms with Crippen molar-refractivity contribution in [3.05, 3.63) is 35.6 Å². The topological polar surface area (TPSA) is 50.4 Å². The molecule has 0 aliphatic carbocycles. The van der Waals surface area contributed by atoms with E-state index in [1.54, 1.807) is 12.1 Å². The highest BCUT2D eigenvalue weighted by molar-refractivity contribution is 5.78. The zero-order valence-electron chi connectivity index (χ0n) is 13.4. The molecule has 0 saturated carbocycles. The van der Waals surface area contributed by atoms with Crippen molar-refractivity contribution in [1.82, 2.24) is 10.6 Å². The Hall–Kier alpha value is -1.46. The van der Waals surface area contributed by atoms with Crippen LogP contribution in [0.3, 0.4) is 0 Å². The maximum Gasteiger partial charge on any atom is 0.224 e. The quantitative estimate of drug-likeness (QED) is 0.892. The molecule has 2 fully saturated rings. The van der Waals surface area contributed by atoms with Gasteiger partial charge in [-0.25, -0.2) is 4.39 Å². The maximum atomic E-state index is 12.8. The Bertz CT molecular complexity index is 516. The molecule has 23 heavy (non-hydrogen) atoms. The third-order valence-electron chi connectivity index (χ3n) is 5.09. The van der Waals surface area contributed by atoms with E-state index >= 15 is 0 Å². The summed E-state index contributed by atoms with van der Waals surface area (Å²) in [5, 5.41) is 6.34. The van der Waals surface area contributed by atoms with Crippen molar-refractivity contribution in [2.75, 3.05) is 26.2 Å². The van der Waals surface area contributed by atoms with Crippen molar-refractivity contribution in [1.29, 1.82) is 0 Å². The van der Waals surface area contributed by atoms with E-state index in [-0.39, 0.29) is 24.2 Å². The fourth-order valence-corrected chi connectivity index (χ4v) is 3.51. The Labute approximate surface area is 136 Å². The average Bonchev–Trinajstić information content (AvgIpc) is 2.57. The smallest absolute Gasteiger partial charge is 0.224 e. The summed E-state index contributed by atoms with van der Waals surface area (Å²) in [6.45, 7) is 3.55. The monoisotopic (exact) mass is 320 g/mol. The Morgan fingerprint density at radius 3 is 2.65 bits per heavy atom. The van der Waals surface area contributed by atoms with Gasteiger partial charge in [0.2, 0.25) is 5.91 Å². The van der Waals surface area contributed by atoms with Crippen LogP contribution in [-0.4, -0.2) is 38.3 Å². The lowest BCUT2D eigenvalue weighted by molar-refractivity contribution is -0.122. The van der Waals surface area contributed by atoms with Crippen molar-refractivity contribution in [2.45, 2.75) is 38.2 Å². The largest absolute Gasteiger partial charge is 0.376 e. The molecule has 2 saturated heterocycles. The van der Waals surface area contributed by atoms with Gasteiger partial charge in [-0.2, -0.15) is 0 Å². The van der Waals surface area contributed by atoms with Gasteiger partial charge >= 0.3 is 0 Å². The number of amides is 1. The van der Waals surface area contributed by atoms with Crippen LogP contribution in [0.2, 0.25) is 0 Å². The van der Waals surface area contributed by atoms with Gasteiger partial charge in [-0.05, 0) is 61.9 Å². The summed E-state index contributed by atoms with van der Waals surface area (Å²) in [5.41, 5.74) is 1.18. The van der Waals surface area contributed by atoms with Crippen LogP contribution in [0.4, 0.5) is 4.39 Å². The number of hydrogen-bond acceptors (Lipinski definition) is 3. The number of ether oxygens (including phenoxy) is 1. The fourth-order valence-electron chi connectivity index (χ4n) is 3.51. The molecule has 0 aromatic heterocycles. The number of halogens is 1. The molecule has 4 nitrogen and oxygen atoms in total. The average molecular weight is 320 g/mol. The highest BCUT2D eigenvalue weighted by atomic mass is 19.1. The van der Waals surface area contributed by atoms with Crippen LogP contribution in [0, 0.1) is 11.2 Å². The maximum absolute atomic E-state index is 12.8. The lowest BCUT2D eigenvalue weighted by Gasteiger charge is -2.43. The molecule has 5 heteroatoms. The van der Waals surface area contributed by atoms with E-state index in [9.17, 15) is 9.18 Å². The van der Waals surface area contributed by atoms with Crippen LogP contribution in [0.1, 0.15) is 31.2 Å². The molecule has 2 N–H and O–H groups in total. The minimum atomic E-state index is -0.281. The molecule has 1 unspecified atom stereocenters. The Morgan fingerprint density at radius 1 is 1.26 bits per heavy atom. The number of hydrogen-bond donors (Lipinski definition) is 2. The van der Waals surface area contributed by atoms with Crippen molar-refractivity contribution in [3.63, 3.8) is 0 Å². The molecule has 1 atom stereocenters. The number of carbonyl (C=O) groups is 1. The van der Waals surface area contributed by atoms with Gasteiger partial charge in [-0.3, -0.25) is 4.79 Å². The third-order valence-corrected chi connectivity index (χ3v) is 5.09. The van der Waals surface area contributed by atoms with Crippen LogP contribution in [0.15, 0.2) is 24.3 Å². The summed E-state index contributed by atoms with van der Waals surface area (Å²) in [5.74, 6) is -0.320. The van der Waals surface area contributed by atoms with Gasteiger partial charge < -0.3 is 15.4 Å². The predicted molar refractivity (Wildman–Crippen MR) is 86.6 cm³/mol. The number of nitrogens with one attached hydrogen (secondary N) is 2. The Kier molecular flexibility index (Phi) is 5.28. The summed E-state index contributed by atoms with van der Waals surface area (Å²) in [6, 6.07) is 6.05. The molecule has 126 valence electrons. The van der Waals surface area contributed by atoms with Gasteiger partial charge in [-0.1, -0.05) is 12.1 Å². The number of rotatable bonds is 4. The Morgan fingerprint density at radius 2 is 2.00 bits per heavy atom. The first-order valence-electron chi connectivity index (χ1n) is 8.49. The molecule has 3 rings (SSSR count). The molecule has 2 aliphatic rings. The van der Waals surface area contributed by atoms with E-state index in [4.69, 9.17) is 4.74 Å². The van der Waals surface area contributed by atoms with E-state index in [0.29, 0.717) is 12.0 Å². The van der Waals surface area contributed by atoms with Crippen molar-refractivity contribution >= 4 is 5.91 Å². The van der Waals surface area contributed by atoms with Gasteiger partial charge in [0, 0.05) is 6.54 Å². The molecule has 1 aromatic rings. The molecular weight excluding hydrogens is 295 g/mol. The van der Waals surface area contributed by atoms with Crippen LogP contribution in [0.25, 0.3) is 0 Å². The lowest BCUT2D eigenvalue weighted by Crippen LogP contribution is -2.46. The zero-order chi connectivity index (χ0) is 16.1. The van der Waals surface area contributed by atoms with Crippen LogP contribution in [-0.2, 0) is 16.0 Å². The molecular formula is C18H25FN2O2.